The number of H-pyrrole nitrogens is 2. The highest BCUT2D eigenvalue weighted by Crippen LogP contribution is 2.31. The summed E-state index contributed by atoms with van der Waals surface area (Å²) in [5.74, 6) is -0.0997. The number of piperidine rings is 1. The van der Waals surface area contributed by atoms with Crippen molar-refractivity contribution in [2.24, 2.45) is 0 Å². The number of thioether (sulfide) groups is 1. The smallest absolute Gasteiger partial charge is 0.271 e. The van der Waals surface area contributed by atoms with E-state index in [-0.39, 0.29) is 11.5 Å². The summed E-state index contributed by atoms with van der Waals surface area (Å²) in [6.45, 7) is 3.56. The number of benzene rings is 1. The highest BCUT2D eigenvalue weighted by atomic mass is 32.2. The van der Waals surface area contributed by atoms with Gasteiger partial charge in [-0.3, -0.25) is 19.8 Å². The predicted octanol–water partition coefficient (Wildman–Crippen LogP) is 2.41. The minimum atomic E-state index is -0.270. The molecule has 0 saturated carbocycles. The fourth-order valence-corrected chi connectivity index (χ4v) is 3.92. The molecular formula is C16H19N3O2S. The number of aryl methyl sites for hydroxylation is 1. The standard InChI is InChI=1S/C16H19N3O2S/c1-11-3-2-4-13(9-11)22-12-5-7-19(8-6-12)16(21)14-10-15(20)18-17-14/h2-4,9-10,12H,5-8H2,1H3,(H2,17,18,20). The van der Waals surface area contributed by atoms with Gasteiger partial charge in [0.1, 0.15) is 5.69 Å². The van der Waals surface area contributed by atoms with Crippen LogP contribution in [0.25, 0.3) is 0 Å². The lowest BCUT2D eigenvalue weighted by Gasteiger charge is -2.31. The molecule has 2 aromatic rings. The quantitative estimate of drug-likeness (QED) is 0.913. The first kappa shape index (κ1) is 15.0. The zero-order valence-corrected chi connectivity index (χ0v) is 13.3. The Hall–Kier alpha value is -1.95. The Morgan fingerprint density at radius 2 is 2.00 bits per heavy atom. The van der Waals surface area contributed by atoms with Crippen molar-refractivity contribution in [1.29, 1.82) is 0 Å². The van der Waals surface area contributed by atoms with E-state index in [1.54, 1.807) is 0 Å². The van der Waals surface area contributed by atoms with Crippen LogP contribution in [0.5, 0.6) is 0 Å². The van der Waals surface area contributed by atoms with Gasteiger partial charge in [-0.25, -0.2) is 0 Å². The first-order chi connectivity index (χ1) is 10.6. The molecule has 6 heteroatoms. The van der Waals surface area contributed by atoms with Gasteiger partial charge in [-0.2, -0.15) is 0 Å². The number of aromatic amines is 2. The molecule has 1 saturated heterocycles. The van der Waals surface area contributed by atoms with Crippen molar-refractivity contribution in [3.8, 4) is 0 Å². The number of amides is 1. The lowest BCUT2D eigenvalue weighted by atomic mass is 10.1. The fraction of sp³-hybridized carbons (Fsp3) is 0.375. The van der Waals surface area contributed by atoms with Crippen LogP contribution in [0.4, 0.5) is 0 Å². The summed E-state index contributed by atoms with van der Waals surface area (Å²) in [7, 11) is 0. The van der Waals surface area contributed by atoms with Gasteiger partial charge in [0.2, 0.25) is 0 Å². The molecule has 2 N–H and O–H groups in total. The molecule has 22 heavy (non-hydrogen) atoms. The molecule has 0 aliphatic carbocycles. The summed E-state index contributed by atoms with van der Waals surface area (Å²) in [4.78, 5) is 26.5. The van der Waals surface area contributed by atoms with Crippen molar-refractivity contribution in [2.45, 2.75) is 29.9 Å². The molecule has 5 nitrogen and oxygen atoms in total. The Balaban J connectivity index is 1.56. The highest BCUT2D eigenvalue weighted by molar-refractivity contribution is 8.00. The molecule has 0 atom stereocenters. The second kappa shape index (κ2) is 6.44. The van der Waals surface area contributed by atoms with Crippen molar-refractivity contribution in [3.63, 3.8) is 0 Å². The van der Waals surface area contributed by atoms with Crippen LogP contribution in [0.1, 0.15) is 28.9 Å². The Bertz CT molecular complexity index is 714. The normalized spacial score (nSPS) is 16.0. The second-order valence-corrected chi connectivity index (χ2v) is 6.97. The van der Waals surface area contributed by atoms with Crippen molar-refractivity contribution in [3.05, 3.63) is 51.9 Å². The average molecular weight is 317 g/mol. The van der Waals surface area contributed by atoms with Gasteiger partial charge in [0, 0.05) is 29.3 Å². The van der Waals surface area contributed by atoms with Gasteiger partial charge < -0.3 is 4.90 Å². The zero-order valence-electron chi connectivity index (χ0n) is 12.5. The van der Waals surface area contributed by atoms with E-state index in [1.807, 2.05) is 16.7 Å². The molecule has 0 spiro atoms. The number of carbonyl (C=O) groups is 1. The zero-order chi connectivity index (χ0) is 15.5. The number of hydrogen-bond donors (Lipinski definition) is 2. The van der Waals surface area contributed by atoms with Gasteiger partial charge in [-0.15, -0.1) is 11.8 Å². The predicted molar refractivity (Wildman–Crippen MR) is 87.4 cm³/mol. The highest BCUT2D eigenvalue weighted by Gasteiger charge is 2.25. The molecule has 116 valence electrons. The largest absolute Gasteiger partial charge is 0.337 e. The molecule has 1 aliphatic heterocycles. The van der Waals surface area contributed by atoms with Crippen LogP contribution >= 0.6 is 11.8 Å². The van der Waals surface area contributed by atoms with Crippen LogP contribution in [-0.4, -0.2) is 39.3 Å². The molecule has 0 bridgehead atoms. The fourth-order valence-electron chi connectivity index (χ4n) is 2.68. The summed E-state index contributed by atoms with van der Waals surface area (Å²) < 4.78 is 0. The maximum atomic E-state index is 12.3. The molecule has 1 amide bonds. The van der Waals surface area contributed by atoms with Crippen molar-refractivity contribution in [1.82, 2.24) is 15.1 Å². The third kappa shape index (κ3) is 3.44. The van der Waals surface area contributed by atoms with Gasteiger partial charge in [0.25, 0.3) is 11.5 Å². The molecule has 3 rings (SSSR count). The Kier molecular flexibility index (Phi) is 4.38. The molecule has 0 unspecified atom stereocenters. The molecule has 1 fully saturated rings. The topological polar surface area (TPSA) is 69.0 Å². The van der Waals surface area contributed by atoms with Crippen LogP contribution in [0.3, 0.4) is 0 Å². The van der Waals surface area contributed by atoms with Crippen LogP contribution < -0.4 is 5.56 Å². The van der Waals surface area contributed by atoms with Crippen molar-refractivity contribution >= 4 is 17.7 Å². The Labute approximate surface area is 133 Å². The maximum absolute atomic E-state index is 12.3. The van der Waals surface area contributed by atoms with Gasteiger partial charge in [0.05, 0.1) is 0 Å². The molecule has 1 aromatic heterocycles. The number of carbonyl (C=O) groups excluding carboxylic acids is 1. The van der Waals surface area contributed by atoms with E-state index in [1.165, 1.54) is 16.5 Å². The van der Waals surface area contributed by atoms with Gasteiger partial charge in [-0.05, 0) is 31.9 Å². The van der Waals surface area contributed by atoms with Crippen LogP contribution in [-0.2, 0) is 0 Å². The number of nitrogens with zero attached hydrogens (tertiary/aromatic N) is 1. The summed E-state index contributed by atoms with van der Waals surface area (Å²) in [6.07, 6.45) is 1.94. The maximum Gasteiger partial charge on any atom is 0.271 e. The second-order valence-electron chi connectivity index (χ2n) is 5.60. The number of likely N-dealkylation sites (tertiary alicyclic amines) is 1. The number of nitrogens with one attached hydrogen (secondary N) is 2. The lowest BCUT2D eigenvalue weighted by Crippen LogP contribution is -2.39. The third-order valence-corrected chi connectivity index (χ3v) is 5.18. The number of rotatable bonds is 3. The van der Waals surface area contributed by atoms with Crippen LogP contribution in [0, 0.1) is 6.92 Å². The van der Waals surface area contributed by atoms with Crippen LogP contribution in [0.15, 0.2) is 40.0 Å². The van der Waals surface area contributed by atoms with E-state index < -0.39 is 0 Å². The molecule has 1 aromatic carbocycles. The summed E-state index contributed by atoms with van der Waals surface area (Å²) in [6, 6.07) is 9.84. The first-order valence-electron chi connectivity index (χ1n) is 7.42. The monoisotopic (exact) mass is 317 g/mol. The molecule has 1 aliphatic rings. The number of hydrogen-bond acceptors (Lipinski definition) is 3. The Morgan fingerprint density at radius 1 is 1.23 bits per heavy atom. The minimum absolute atomic E-state index is 0.0997. The summed E-state index contributed by atoms with van der Waals surface area (Å²) in [5, 5.41) is 5.57. The van der Waals surface area contributed by atoms with E-state index in [2.05, 4.69) is 41.4 Å². The third-order valence-electron chi connectivity index (χ3n) is 3.85. The first-order valence-corrected chi connectivity index (χ1v) is 8.30. The van der Waals surface area contributed by atoms with Gasteiger partial charge in [0.15, 0.2) is 0 Å². The van der Waals surface area contributed by atoms with E-state index in [4.69, 9.17) is 0 Å². The van der Waals surface area contributed by atoms with Crippen molar-refractivity contribution < 1.29 is 4.79 Å². The van der Waals surface area contributed by atoms with E-state index in [9.17, 15) is 9.59 Å². The summed E-state index contributed by atoms with van der Waals surface area (Å²) in [5.41, 5.74) is 1.34. The molecule has 2 heterocycles. The van der Waals surface area contributed by atoms with Gasteiger partial charge in [-0.1, -0.05) is 17.7 Å². The van der Waals surface area contributed by atoms with Gasteiger partial charge >= 0.3 is 0 Å². The Morgan fingerprint density at radius 3 is 2.64 bits per heavy atom. The van der Waals surface area contributed by atoms with E-state index in [0.717, 1.165) is 25.9 Å². The summed E-state index contributed by atoms with van der Waals surface area (Å²) >= 11 is 1.89. The number of aromatic nitrogens is 2. The van der Waals surface area contributed by atoms with Crippen LogP contribution in [0.2, 0.25) is 0 Å². The van der Waals surface area contributed by atoms with E-state index >= 15 is 0 Å². The SMILES string of the molecule is Cc1cccc(SC2CCN(C(=O)c3cc(=O)[nH][nH]3)CC2)c1. The molecular weight excluding hydrogens is 298 g/mol. The lowest BCUT2D eigenvalue weighted by molar-refractivity contribution is 0.0721. The average Bonchev–Trinajstić information content (AvgIpc) is 2.94. The van der Waals surface area contributed by atoms with E-state index in [0.29, 0.717) is 10.9 Å². The molecule has 0 radical (unpaired) electrons. The van der Waals surface area contributed by atoms with Crippen molar-refractivity contribution in [2.75, 3.05) is 13.1 Å². The minimum Gasteiger partial charge on any atom is -0.337 e.